The van der Waals surface area contributed by atoms with E-state index in [4.69, 9.17) is 4.74 Å². The maximum absolute atomic E-state index is 12.7. The zero-order valence-electron chi connectivity index (χ0n) is 16.3. The number of carbonyl (C=O) groups excluding carboxylic acids is 3. The van der Waals surface area contributed by atoms with E-state index in [2.05, 4.69) is 15.5 Å². The largest absolute Gasteiger partial charge is 0.376 e. The zero-order chi connectivity index (χ0) is 19.5. The van der Waals surface area contributed by atoms with E-state index in [0.29, 0.717) is 29.8 Å². The van der Waals surface area contributed by atoms with Gasteiger partial charge in [0.25, 0.3) is 17.7 Å². The molecule has 29 heavy (non-hydrogen) atoms. The molecule has 1 unspecified atom stereocenters. The Morgan fingerprint density at radius 2 is 1.93 bits per heavy atom. The van der Waals surface area contributed by atoms with E-state index in [9.17, 15) is 14.4 Å². The molecule has 158 valence electrons. The van der Waals surface area contributed by atoms with Crippen LogP contribution in [0.5, 0.6) is 0 Å². The molecule has 0 aromatic heterocycles. The molecule has 2 N–H and O–H groups in total. The Morgan fingerprint density at radius 3 is 2.66 bits per heavy atom. The second kappa shape index (κ2) is 9.67. The molecular formula is C20H27ClN4O4. The molecule has 3 aliphatic rings. The summed E-state index contributed by atoms with van der Waals surface area (Å²) in [6.45, 7) is 6.19. The van der Waals surface area contributed by atoms with Crippen LogP contribution in [-0.2, 0) is 4.74 Å². The first kappa shape index (κ1) is 21.7. The van der Waals surface area contributed by atoms with Gasteiger partial charge in [0, 0.05) is 51.4 Å². The van der Waals surface area contributed by atoms with Crippen LogP contribution in [0, 0.1) is 0 Å². The molecule has 3 aliphatic heterocycles. The fraction of sp³-hybridized carbons (Fsp3) is 0.550. The zero-order valence-corrected chi connectivity index (χ0v) is 17.1. The predicted octanol–water partition coefficient (Wildman–Crippen LogP) is 0.518. The highest BCUT2D eigenvalue weighted by atomic mass is 35.5. The van der Waals surface area contributed by atoms with Gasteiger partial charge < -0.3 is 15.4 Å². The number of benzene rings is 1. The molecule has 0 bridgehead atoms. The molecule has 3 amide bonds. The number of amides is 3. The number of carbonyl (C=O) groups is 3. The van der Waals surface area contributed by atoms with Crippen molar-refractivity contribution in [2.24, 2.45) is 0 Å². The minimum Gasteiger partial charge on any atom is -0.376 e. The predicted molar refractivity (Wildman–Crippen MR) is 110 cm³/mol. The van der Waals surface area contributed by atoms with Gasteiger partial charge in [-0.2, -0.15) is 0 Å². The molecule has 3 heterocycles. The van der Waals surface area contributed by atoms with Crippen molar-refractivity contribution in [2.45, 2.75) is 18.9 Å². The van der Waals surface area contributed by atoms with Gasteiger partial charge in [-0.25, -0.2) is 0 Å². The summed E-state index contributed by atoms with van der Waals surface area (Å²) in [6.07, 6.45) is 1.72. The molecule has 1 aromatic carbocycles. The van der Waals surface area contributed by atoms with E-state index in [-0.39, 0.29) is 42.8 Å². The highest BCUT2D eigenvalue weighted by Crippen LogP contribution is 2.26. The Kier molecular flexibility index (Phi) is 7.23. The Bertz CT molecular complexity index is 776. The molecule has 8 nitrogen and oxygen atoms in total. The summed E-state index contributed by atoms with van der Waals surface area (Å²) < 4.78 is 5.55. The minimum absolute atomic E-state index is 0. The first-order valence-electron chi connectivity index (χ1n) is 9.96. The van der Waals surface area contributed by atoms with Gasteiger partial charge in [-0.1, -0.05) is 0 Å². The number of nitrogens with zero attached hydrogens (tertiary/aromatic N) is 2. The summed E-state index contributed by atoms with van der Waals surface area (Å²) in [4.78, 5) is 41.3. The van der Waals surface area contributed by atoms with Crippen LogP contribution in [0.1, 0.15) is 43.9 Å². The molecule has 1 aromatic rings. The van der Waals surface area contributed by atoms with Crippen molar-refractivity contribution in [1.29, 1.82) is 0 Å². The highest BCUT2D eigenvalue weighted by Gasteiger charge is 2.37. The first-order valence-corrected chi connectivity index (χ1v) is 9.96. The fourth-order valence-corrected chi connectivity index (χ4v) is 3.95. The molecule has 1 atom stereocenters. The number of hydrogen-bond acceptors (Lipinski definition) is 6. The van der Waals surface area contributed by atoms with E-state index in [1.54, 1.807) is 12.1 Å². The smallest absolute Gasteiger partial charge is 0.261 e. The number of halogens is 1. The van der Waals surface area contributed by atoms with Crippen molar-refractivity contribution in [2.75, 3.05) is 52.4 Å². The van der Waals surface area contributed by atoms with Gasteiger partial charge in [-0.05, 0) is 31.0 Å². The van der Waals surface area contributed by atoms with Gasteiger partial charge in [0.05, 0.1) is 23.8 Å². The van der Waals surface area contributed by atoms with Crippen LogP contribution in [0.4, 0.5) is 0 Å². The van der Waals surface area contributed by atoms with Crippen LogP contribution >= 0.6 is 12.4 Å². The lowest BCUT2D eigenvalue weighted by molar-refractivity contribution is 0.0475. The first-order chi connectivity index (χ1) is 13.6. The molecule has 0 radical (unpaired) electrons. The normalized spacial score (nSPS) is 21.8. The van der Waals surface area contributed by atoms with E-state index < -0.39 is 0 Å². The molecule has 2 fully saturated rings. The number of ether oxygens (including phenoxy) is 1. The van der Waals surface area contributed by atoms with Gasteiger partial charge in [-0.15, -0.1) is 12.4 Å². The Labute approximate surface area is 176 Å². The van der Waals surface area contributed by atoms with Gasteiger partial charge >= 0.3 is 0 Å². The molecule has 0 saturated carbocycles. The second-order valence-corrected chi connectivity index (χ2v) is 7.46. The average molecular weight is 423 g/mol. The standard InChI is InChI=1S/C20H26N4O4.ClH/c25-18(22-7-10-23-8-5-21-6-9-23)14-3-4-16-17(12-14)20(27)24(19(16)26)13-15-2-1-11-28-15;/h3-4,12,15,21H,1-2,5-11,13H2,(H,22,25);1H. The quantitative estimate of drug-likeness (QED) is 0.649. The third-order valence-electron chi connectivity index (χ3n) is 5.57. The number of fused-ring (bicyclic) bond motifs is 1. The third-order valence-corrected chi connectivity index (χ3v) is 5.57. The van der Waals surface area contributed by atoms with Crippen molar-refractivity contribution in [3.05, 3.63) is 34.9 Å². The molecule has 4 rings (SSSR count). The van der Waals surface area contributed by atoms with Gasteiger partial charge in [0.15, 0.2) is 0 Å². The van der Waals surface area contributed by atoms with Crippen molar-refractivity contribution >= 4 is 30.1 Å². The van der Waals surface area contributed by atoms with Crippen molar-refractivity contribution in [1.82, 2.24) is 20.4 Å². The summed E-state index contributed by atoms with van der Waals surface area (Å²) in [5.74, 6) is -0.872. The molecule has 9 heteroatoms. The van der Waals surface area contributed by atoms with E-state index >= 15 is 0 Å². The lowest BCUT2D eigenvalue weighted by Gasteiger charge is -2.27. The highest BCUT2D eigenvalue weighted by molar-refractivity contribution is 6.22. The summed E-state index contributed by atoms with van der Waals surface area (Å²) in [5, 5.41) is 6.20. The fourth-order valence-electron chi connectivity index (χ4n) is 3.95. The summed E-state index contributed by atoms with van der Waals surface area (Å²) in [5.41, 5.74) is 1.07. The Balaban J connectivity index is 0.00000240. The average Bonchev–Trinajstić information content (AvgIpc) is 3.32. The summed E-state index contributed by atoms with van der Waals surface area (Å²) in [7, 11) is 0. The van der Waals surface area contributed by atoms with E-state index in [1.807, 2.05) is 0 Å². The Morgan fingerprint density at radius 1 is 1.17 bits per heavy atom. The van der Waals surface area contributed by atoms with Crippen molar-refractivity contribution in [3.63, 3.8) is 0 Å². The summed E-state index contributed by atoms with van der Waals surface area (Å²) in [6, 6.07) is 4.72. The number of imide groups is 1. The van der Waals surface area contributed by atoms with Gasteiger partial charge in [-0.3, -0.25) is 24.2 Å². The van der Waals surface area contributed by atoms with Crippen LogP contribution in [0.25, 0.3) is 0 Å². The molecule has 0 spiro atoms. The van der Waals surface area contributed by atoms with Crippen molar-refractivity contribution < 1.29 is 19.1 Å². The van der Waals surface area contributed by atoms with Gasteiger partial charge in [0.1, 0.15) is 0 Å². The lowest BCUT2D eigenvalue weighted by atomic mass is 10.1. The van der Waals surface area contributed by atoms with Crippen LogP contribution in [0.2, 0.25) is 0 Å². The maximum atomic E-state index is 12.7. The Hall–Kier alpha value is -2.00. The minimum atomic E-state index is -0.342. The topological polar surface area (TPSA) is 91.0 Å². The number of rotatable bonds is 6. The number of nitrogens with one attached hydrogen (secondary N) is 2. The molecule has 2 saturated heterocycles. The third kappa shape index (κ3) is 4.78. The number of piperazine rings is 1. The van der Waals surface area contributed by atoms with Crippen LogP contribution in [0.3, 0.4) is 0 Å². The van der Waals surface area contributed by atoms with Crippen LogP contribution in [-0.4, -0.2) is 86.0 Å². The molecular weight excluding hydrogens is 396 g/mol. The van der Waals surface area contributed by atoms with E-state index in [1.165, 1.54) is 11.0 Å². The summed E-state index contributed by atoms with van der Waals surface area (Å²) >= 11 is 0. The van der Waals surface area contributed by atoms with Gasteiger partial charge in [0.2, 0.25) is 0 Å². The molecule has 0 aliphatic carbocycles. The monoisotopic (exact) mass is 422 g/mol. The maximum Gasteiger partial charge on any atom is 0.261 e. The van der Waals surface area contributed by atoms with Crippen LogP contribution < -0.4 is 10.6 Å². The second-order valence-electron chi connectivity index (χ2n) is 7.46. The van der Waals surface area contributed by atoms with E-state index in [0.717, 1.165) is 45.6 Å². The van der Waals surface area contributed by atoms with Crippen LogP contribution in [0.15, 0.2) is 18.2 Å². The lowest BCUT2D eigenvalue weighted by Crippen LogP contribution is -2.46. The SMILES string of the molecule is Cl.O=C(NCCN1CCNCC1)c1ccc2c(c1)C(=O)N(CC1CCCO1)C2=O. The van der Waals surface area contributed by atoms with Crippen molar-refractivity contribution in [3.8, 4) is 0 Å². The number of hydrogen-bond donors (Lipinski definition) is 2.